The standard InChI is InChI=1S/C23H23F6O5P/c1-5-6-10-35(21(31)19-16(33-3)11-13(32-2)12-17(19)34-4)20(30)18-14(22(24,25)26)8-7-9-15(18)23(27,28)29/h7-9,11-12H,5-6,10H2,1-4H3. The minimum Gasteiger partial charge on any atom is -0.496 e. The number of rotatable bonds is 10. The van der Waals surface area contributed by atoms with Gasteiger partial charge in [-0.25, -0.2) is 0 Å². The highest BCUT2D eigenvalue weighted by molar-refractivity contribution is 7.90. The van der Waals surface area contributed by atoms with Crippen LogP contribution in [0, 0.1) is 0 Å². The van der Waals surface area contributed by atoms with Gasteiger partial charge in [-0.05, 0) is 24.7 Å². The van der Waals surface area contributed by atoms with Crippen LogP contribution in [-0.4, -0.2) is 38.5 Å². The van der Waals surface area contributed by atoms with Crippen LogP contribution in [0.5, 0.6) is 17.2 Å². The number of benzene rings is 2. The molecule has 2 rings (SSSR count). The van der Waals surface area contributed by atoms with Crippen LogP contribution in [0.15, 0.2) is 30.3 Å². The number of hydrogen-bond acceptors (Lipinski definition) is 5. The van der Waals surface area contributed by atoms with Crippen molar-refractivity contribution in [1.82, 2.24) is 0 Å². The lowest BCUT2D eigenvalue weighted by atomic mass is 10.0. The van der Waals surface area contributed by atoms with Crippen LogP contribution < -0.4 is 14.2 Å². The van der Waals surface area contributed by atoms with E-state index in [1.54, 1.807) is 6.92 Å². The molecule has 0 bridgehead atoms. The number of methoxy groups -OCH3 is 3. The maximum absolute atomic E-state index is 13.7. The van der Waals surface area contributed by atoms with Gasteiger partial charge < -0.3 is 14.2 Å². The molecule has 2 aromatic rings. The fourth-order valence-corrected chi connectivity index (χ4v) is 5.58. The molecule has 0 aromatic heterocycles. The Balaban J connectivity index is 2.79. The molecule has 192 valence electrons. The average Bonchev–Trinajstić information content (AvgIpc) is 2.81. The fraction of sp³-hybridized carbons (Fsp3) is 0.391. The first-order chi connectivity index (χ1) is 16.3. The molecule has 35 heavy (non-hydrogen) atoms. The van der Waals surface area contributed by atoms with Crippen molar-refractivity contribution < 1.29 is 50.1 Å². The highest BCUT2D eigenvalue weighted by Gasteiger charge is 2.45. The molecule has 0 fully saturated rings. The van der Waals surface area contributed by atoms with Gasteiger partial charge in [-0.15, -0.1) is 0 Å². The number of hydrogen-bond donors (Lipinski definition) is 0. The molecule has 0 aliphatic carbocycles. The minimum absolute atomic E-state index is 0.0943. The number of halogens is 6. The van der Waals surface area contributed by atoms with E-state index in [1.165, 1.54) is 33.5 Å². The van der Waals surface area contributed by atoms with E-state index in [-0.39, 0.29) is 35.4 Å². The smallest absolute Gasteiger partial charge is 0.417 e. The van der Waals surface area contributed by atoms with Crippen molar-refractivity contribution in [3.8, 4) is 17.2 Å². The second-order valence-electron chi connectivity index (χ2n) is 7.25. The minimum atomic E-state index is -5.25. The number of unbranched alkanes of at least 4 members (excludes halogenated alkanes) is 1. The van der Waals surface area contributed by atoms with E-state index in [0.717, 1.165) is 0 Å². The second-order valence-corrected chi connectivity index (χ2v) is 9.36. The van der Waals surface area contributed by atoms with Crippen molar-refractivity contribution in [2.24, 2.45) is 0 Å². The van der Waals surface area contributed by atoms with Gasteiger partial charge in [0.2, 0.25) is 0 Å². The summed E-state index contributed by atoms with van der Waals surface area (Å²) in [5.41, 5.74) is -7.79. The summed E-state index contributed by atoms with van der Waals surface area (Å²) in [7, 11) is 1.05. The third-order valence-electron chi connectivity index (χ3n) is 5.04. The summed E-state index contributed by atoms with van der Waals surface area (Å²) in [6.07, 6.45) is -10.1. The molecule has 0 amide bonds. The Bertz CT molecular complexity index is 1020. The van der Waals surface area contributed by atoms with Gasteiger partial charge in [-0.1, -0.05) is 19.4 Å². The van der Waals surface area contributed by atoms with Crippen molar-refractivity contribution >= 4 is 19.0 Å². The summed E-state index contributed by atoms with van der Waals surface area (Å²) in [5.74, 6) is 0.0348. The van der Waals surface area contributed by atoms with Gasteiger partial charge in [0.15, 0.2) is 11.0 Å². The monoisotopic (exact) mass is 524 g/mol. The van der Waals surface area contributed by atoms with Gasteiger partial charge in [0.1, 0.15) is 22.8 Å². The summed E-state index contributed by atoms with van der Waals surface area (Å²) >= 11 is 0. The molecule has 0 heterocycles. The molecule has 0 saturated heterocycles. The number of alkyl halides is 6. The van der Waals surface area contributed by atoms with Crippen molar-refractivity contribution in [3.63, 3.8) is 0 Å². The van der Waals surface area contributed by atoms with Gasteiger partial charge in [-0.2, -0.15) is 26.3 Å². The molecule has 0 radical (unpaired) electrons. The maximum Gasteiger partial charge on any atom is 0.417 e. The predicted octanol–water partition coefficient (Wildman–Crippen LogP) is 7.01. The fourth-order valence-electron chi connectivity index (χ4n) is 3.35. The Kier molecular flexibility index (Phi) is 9.17. The predicted molar refractivity (Wildman–Crippen MR) is 118 cm³/mol. The number of ether oxygens (including phenoxy) is 3. The molecule has 1 unspecified atom stereocenters. The molecule has 12 heteroatoms. The topological polar surface area (TPSA) is 61.8 Å². The molecule has 0 saturated carbocycles. The molecule has 5 nitrogen and oxygen atoms in total. The first kappa shape index (κ1) is 28.4. The largest absolute Gasteiger partial charge is 0.496 e. The van der Waals surface area contributed by atoms with Crippen LogP contribution in [-0.2, 0) is 12.4 Å². The highest BCUT2D eigenvalue weighted by atomic mass is 31.1. The van der Waals surface area contributed by atoms with E-state index < -0.39 is 48.0 Å². The number of carbonyl (C=O) groups excluding carboxylic acids is 2. The summed E-state index contributed by atoms with van der Waals surface area (Å²) in [5, 5.41) is 0. The van der Waals surface area contributed by atoms with Crippen molar-refractivity contribution in [2.45, 2.75) is 32.1 Å². The Morgan fingerprint density at radius 2 is 1.26 bits per heavy atom. The van der Waals surface area contributed by atoms with E-state index in [2.05, 4.69) is 0 Å². The lowest BCUT2D eigenvalue weighted by Crippen LogP contribution is -2.21. The quantitative estimate of drug-likeness (QED) is 0.247. The lowest BCUT2D eigenvalue weighted by Gasteiger charge is -2.23. The molecule has 0 spiro atoms. The summed E-state index contributed by atoms with van der Waals surface area (Å²) in [6, 6.07) is 3.98. The Morgan fingerprint density at radius 1 is 0.800 bits per heavy atom. The third kappa shape index (κ3) is 6.25. The van der Waals surface area contributed by atoms with Crippen molar-refractivity contribution in [2.75, 3.05) is 27.5 Å². The maximum atomic E-state index is 13.7. The first-order valence-electron chi connectivity index (χ1n) is 10.2. The normalized spacial score (nSPS) is 12.7. The van der Waals surface area contributed by atoms with E-state index >= 15 is 0 Å². The molecule has 2 aromatic carbocycles. The van der Waals surface area contributed by atoms with E-state index in [4.69, 9.17) is 14.2 Å². The van der Waals surface area contributed by atoms with Gasteiger partial charge >= 0.3 is 12.4 Å². The van der Waals surface area contributed by atoms with Crippen molar-refractivity contribution in [1.29, 1.82) is 0 Å². The summed E-state index contributed by atoms with van der Waals surface area (Å²) in [6.45, 7) is 1.71. The molecule has 0 N–H and O–H groups in total. The SMILES string of the molecule is CCCCP(C(=O)c1c(OC)cc(OC)cc1OC)C(=O)c1c(C(F)(F)F)cccc1C(F)(F)F. The van der Waals surface area contributed by atoms with Crippen LogP contribution in [0.2, 0.25) is 0 Å². The molecule has 0 aliphatic rings. The van der Waals surface area contributed by atoms with E-state index in [9.17, 15) is 35.9 Å². The van der Waals surface area contributed by atoms with Crippen LogP contribution in [0.25, 0.3) is 0 Å². The zero-order chi connectivity index (χ0) is 26.6. The van der Waals surface area contributed by atoms with Gasteiger partial charge in [0.25, 0.3) is 0 Å². The first-order valence-corrected chi connectivity index (χ1v) is 11.8. The van der Waals surface area contributed by atoms with E-state index in [0.29, 0.717) is 24.6 Å². The van der Waals surface area contributed by atoms with Gasteiger partial charge in [-0.3, -0.25) is 9.59 Å². The van der Waals surface area contributed by atoms with E-state index in [1.807, 2.05) is 0 Å². The third-order valence-corrected chi connectivity index (χ3v) is 7.23. The average molecular weight is 524 g/mol. The summed E-state index contributed by atoms with van der Waals surface area (Å²) < 4.78 is 97.6. The molecule has 1 atom stereocenters. The highest BCUT2D eigenvalue weighted by Crippen LogP contribution is 2.52. The lowest BCUT2D eigenvalue weighted by molar-refractivity contribution is -0.143. The summed E-state index contributed by atoms with van der Waals surface area (Å²) in [4.78, 5) is 27.0. The zero-order valence-electron chi connectivity index (χ0n) is 19.3. The zero-order valence-corrected chi connectivity index (χ0v) is 20.2. The van der Waals surface area contributed by atoms with Gasteiger partial charge in [0.05, 0.1) is 32.5 Å². The second kappa shape index (κ2) is 11.3. The van der Waals surface area contributed by atoms with Crippen LogP contribution >= 0.6 is 7.92 Å². The Hall–Kier alpha value is -2.81. The molecular formula is C23H23F6O5P. The van der Waals surface area contributed by atoms with Crippen LogP contribution in [0.4, 0.5) is 26.3 Å². The molecule has 0 aliphatic heterocycles. The Labute approximate surface area is 199 Å². The molecular weight excluding hydrogens is 501 g/mol. The number of carbonyl (C=O) groups is 2. The Morgan fingerprint density at radius 3 is 1.63 bits per heavy atom. The van der Waals surface area contributed by atoms with Crippen LogP contribution in [0.1, 0.15) is 51.6 Å². The van der Waals surface area contributed by atoms with Crippen molar-refractivity contribution in [3.05, 3.63) is 52.6 Å². The van der Waals surface area contributed by atoms with Gasteiger partial charge in [0, 0.05) is 25.6 Å². The van der Waals surface area contributed by atoms with Crippen LogP contribution in [0.3, 0.4) is 0 Å².